The lowest BCUT2D eigenvalue weighted by Gasteiger charge is -2.24. The fraction of sp³-hybridized carbons (Fsp3) is 0.562. The molecule has 0 spiro atoms. The molecule has 1 unspecified atom stereocenters. The number of nitrogens with two attached hydrogens (primary N) is 1. The van der Waals surface area contributed by atoms with E-state index in [2.05, 4.69) is 6.92 Å². The molecule has 0 radical (unpaired) electrons. The number of aromatic hydroxyl groups is 1. The molecule has 1 amide bonds. The van der Waals surface area contributed by atoms with Gasteiger partial charge in [-0.1, -0.05) is 19.1 Å². The van der Waals surface area contributed by atoms with Crippen LogP contribution in [0.2, 0.25) is 0 Å². The third-order valence-electron chi connectivity index (χ3n) is 4.04. The summed E-state index contributed by atoms with van der Waals surface area (Å²) in [5, 5.41) is 9.25. The molecule has 1 aromatic rings. The largest absolute Gasteiger partial charge is 0.508 e. The zero-order chi connectivity index (χ0) is 14.5. The average molecular weight is 276 g/mol. The number of rotatable bonds is 3. The number of nitrogens with zero attached hydrogens (tertiary/aromatic N) is 1. The molecule has 2 atom stereocenters. The highest BCUT2D eigenvalue weighted by atomic mass is 16.3. The van der Waals surface area contributed by atoms with Gasteiger partial charge in [0, 0.05) is 13.1 Å². The van der Waals surface area contributed by atoms with Gasteiger partial charge in [-0.05, 0) is 49.3 Å². The summed E-state index contributed by atoms with van der Waals surface area (Å²) in [5.74, 6) is 0.975. The number of phenolic OH excluding ortho intramolecular Hbond substituents is 1. The van der Waals surface area contributed by atoms with Gasteiger partial charge in [-0.2, -0.15) is 0 Å². The number of likely N-dealkylation sites (tertiary alicyclic amines) is 1. The smallest absolute Gasteiger partial charge is 0.239 e. The molecule has 20 heavy (non-hydrogen) atoms. The summed E-state index contributed by atoms with van der Waals surface area (Å²) < 4.78 is 0. The maximum Gasteiger partial charge on any atom is 0.239 e. The minimum atomic E-state index is -0.493. The van der Waals surface area contributed by atoms with Crippen LogP contribution in [0.1, 0.15) is 31.7 Å². The van der Waals surface area contributed by atoms with E-state index in [9.17, 15) is 9.90 Å². The number of amides is 1. The van der Waals surface area contributed by atoms with Crippen LogP contribution >= 0.6 is 0 Å². The monoisotopic (exact) mass is 276 g/mol. The topological polar surface area (TPSA) is 66.6 Å². The Morgan fingerprint density at radius 2 is 2.05 bits per heavy atom. The van der Waals surface area contributed by atoms with Crippen LogP contribution in [0.25, 0.3) is 0 Å². The van der Waals surface area contributed by atoms with Crippen LogP contribution in [0.3, 0.4) is 0 Å². The molecule has 1 aliphatic rings. The summed E-state index contributed by atoms with van der Waals surface area (Å²) in [6.07, 6.45) is 3.85. The lowest BCUT2D eigenvalue weighted by atomic mass is 10.0. The van der Waals surface area contributed by atoms with E-state index in [1.54, 1.807) is 12.1 Å². The highest BCUT2D eigenvalue weighted by Crippen LogP contribution is 2.17. The van der Waals surface area contributed by atoms with Crippen LogP contribution in [0.5, 0.6) is 5.75 Å². The Morgan fingerprint density at radius 3 is 2.75 bits per heavy atom. The van der Waals surface area contributed by atoms with Crippen molar-refractivity contribution in [2.45, 2.75) is 38.6 Å². The molecule has 110 valence electrons. The van der Waals surface area contributed by atoms with Gasteiger partial charge in [-0.3, -0.25) is 4.79 Å². The first-order valence-corrected chi connectivity index (χ1v) is 7.38. The molecule has 4 heteroatoms. The van der Waals surface area contributed by atoms with E-state index in [1.807, 2.05) is 17.0 Å². The number of phenols is 1. The van der Waals surface area contributed by atoms with Gasteiger partial charge >= 0.3 is 0 Å². The summed E-state index contributed by atoms with van der Waals surface area (Å²) in [5.41, 5.74) is 7.03. The predicted octanol–water partition coefficient (Wildman–Crippen LogP) is 1.91. The van der Waals surface area contributed by atoms with Gasteiger partial charge in [-0.15, -0.1) is 0 Å². The molecular formula is C16H24N2O2. The Hall–Kier alpha value is -1.55. The number of hydrogen-bond donors (Lipinski definition) is 2. The summed E-state index contributed by atoms with van der Waals surface area (Å²) in [7, 11) is 0. The normalized spacial score (nSPS) is 21.3. The first-order valence-electron chi connectivity index (χ1n) is 7.38. The van der Waals surface area contributed by atoms with Gasteiger partial charge in [0.15, 0.2) is 0 Å². The number of benzene rings is 1. The summed E-state index contributed by atoms with van der Waals surface area (Å²) in [6, 6.07) is 6.38. The molecule has 0 saturated carbocycles. The lowest BCUT2D eigenvalue weighted by Crippen LogP contribution is -2.45. The van der Waals surface area contributed by atoms with Crippen LogP contribution in [-0.2, 0) is 11.2 Å². The van der Waals surface area contributed by atoms with Crippen molar-refractivity contribution in [2.24, 2.45) is 11.7 Å². The Labute approximate surface area is 120 Å². The van der Waals surface area contributed by atoms with Gasteiger partial charge < -0.3 is 15.7 Å². The Bertz CT molecular complexity index is 444. The van der Waals surface area contributed by atoms with Crippen molar-refractivity contribution in [1.82, 2.24) is 4.90 Å². The second-order valence-electron chi connectivity index (χ2n) is 5.84. The highest BCUT2D eigenvalue weighted by Gasteiger charge is 2.23. The average Bonchev–Trinajstić information content (AvgIpc) is 2.65. The molecule has 1 aliphatic heterocycles. The van der Waals surface area contributed by atoms with Gasteiger partial charge in [0.2, 0.25) is 5.91 Å². The SMILES string of the molecule is CC1CCCN(C(=O)[C@H](N)Cc2ccc(O)cc2)CC1. The fourth-order valence-electron chi connectivity index (χ4n) is 2.69. The third kappa shape index (κ3) is 3.97. The van der Waals surface area contributed by atoms with Crippen LogP contribution in [0.15, 0.2) is 24.3 Å². The van der Waals surface area contributed by atoms with Crippen molar-refractivity contribution >= 4 is 5.91 Å². The van der Waals surface area contributed by atoms with E-state index in [0.29, 0.717) is 12.3 Å². The summed E-state index contributed by atoms with van der Waals surface area (Å²) >= 11 is 0. The molecule has 3 N–H and O–H groups in total. The van der Waals surface area contributed by atoms with Gasteiger partial charge in [0.05, 0.1) is 6.04 Å². The molecule has 0 aromatic heterocycles. The van der Waals surface area contributed by atoms with Gasteiger partial charge in [0.25, 0.3) is 0 Å². The van der Waals surface area contributed by atoms with E-state index in [-0.39, 0.29) is 11.7 Å². The molecule has 2 rings (SSSR count). The third-order valence-corrected chi connectivity index (χ3v) is 4.04. The molecule has 4 nitrogen and oxygen atoms in total. The molecular weight excluding hydrogens is 252 g/mol. The van der Waals surface area contributed by atoms with Gasteiger partial charge in [-0.25, -0.2) is 0 Å². The Balaban J connectivity index is 1.92. The Morgan fingerprint density at radius 1 is 1.35 bits per heavy atom. The van der Waals surface area contributed by atoms with Gasteiger partial charge in [0.1, 0.15) is 5.75 Å². The second-order valence-corrected chi connectivity index (χ2v) is 5.84. The minimum Gasteiger partial charge on any atom is -0.508 e. The molecule has 1 aromatic carbocycles. The summed E-state index contributed by atoms with van der Waals surface area (Å²) in [4.78, 5) is 14.3. The maximum atomic E-state index is 12.4. The van der Waals surface area contributed by atoms with Crippen LogP contribution in [0.4, 0.5) is 0 Å². The van der Waals surface area contributed by atoms with E-state index in [4.69, 9.17) is 5.73 Å². The molecule has 1 saturated heterocycles. The van der Waals surface area contributed by atoms with E-state index in [0.717, 1.165) is 31.5 Å². The van der Waals surface area contributed by atoms with E-state index in [1.165, 1.54) is 6.42 Å². The van der Waals surface area contributed by atoms with E-state index < -0.39 is 6.04 Å². The zero-order valence-electron chi connectivity index (χ0n) is 12.1. The first-order chi connectivity index (χ1) is 9.56. The van der Waals surface area contributed by atoms with Crippen molar-refractivity contribution in [3.8, 4) is 5.75 Å². The quantitative estimate of drug-likeness (QED) is 0.886. The van der Waals surface area contributed by atoms with Crippen LogP contribution in [-0.4, -0.2) is 35.0 Å². The predicted molar refractivity (Wildman–Crippen MR) is 79.4 cm³/mol. The van der Waals surface area contributed by atoms with Crippen molar-refractivity contribution in [1.29, 1.82) is 0 Å². The summed E-state index contributed by atoms with van der Waals surface area (Å²) in [6.45, 7) is 3.89. The zero-order valence-corrected chi connectivity index (χ0v) is 12.1. The van der Waals surface area contributed by atoms with Crippen LogP contribution in [0, 0.1) is 5.92 Å². The minimum absolute atomic E-state index is 0.0483. The van der Waals surface area contributed by atoms with Crippen molar-refractivity contribution in [2.75, 3.05) is 13.1 Å². The number of carbonyl (C=O) groups excluding carboxylic acids is 1. The highest BCUT2D eigenvalue weighted by molar-refractivity contribution is 5.82. The Kier molecular flexibility index (Phi) is 5.01. The number of carbonyl (C=O) groups is 1. The first kappa shape index (κ1) is 14.9. The van der Waals surface area contributed by atoms with E-state index >= 15 is 0 Å². The fourth-order valence-corrected chi connectivity index (χ4v) is 2.69. The van der Waals surface area contributed by atoms with Crippen molar-refractivity contribution < 1.29 is 9.90 Å². The molecule has 1 heterocycles. The second kappa shape index (κ2) is 6.75. The standard InChI is InChI=1S/C16H24N2O2/c1-12-3-2-9-18(10-8-12)16(20)15(17)11-13-4-6-14(19)7-5-13/h4-7,12,15,19H,2-3,8-11,17H2,1H3/t12?,15-/m1/s1. The lowest BCUT2D eigenvalue weighted by molar-refractivity contribution is -0.132. The molecule has 0 bridgehead atoms. The maximum absolute atomic E-state index is 12.4. The van der Waals surface area contributed by atoms with Crippen molar-refractivity contribution in [3.63, 3.8) is 0 Å². The number of hydrogen-bond acceptors (Lipinski definition) is 3. The molecule has 1 fully saturated rings. The molecule has 0 aliphatic carbocycles. The van der Waals surface area contributed by atoms with Crippen LogP contribution < -0.4 is 5.73 Å². The van der Waals surface area contributed by atoms with Crippen molar-refractivity contribution in [3.05, 3.63) is 29.8 Å².